The lowest BCUT2D eigenvalue weighted by Gasteiger charge is -2.13. The molecular formula is C18H24N4O2. The van der Waals surface area contributed by atoms with Crippen LogP contribution >= 0.6 is 0 Å². The molecular weight excluding hydrogens is 304 g/mol. The number of hydrogen-bond donors (Lipinski definition) is 2. The number of hydrogen-bond acceptors (Lipinski definition) is 4. The SMILES string of the molecule is O=C(NCCCn1cnnc1[C@H](O)c1ccccc1)C1CCCC1. The molecule has 1 aliphatic carbocycles. The van der Waals surface area contributed by atoms with Gasteiger partial charge in [0, 0.05) is 19.0 Å². The third-order valence-electron chi connectivity index (χ3n) is 4.61. The van der Waals surface area contributed by atoms with E-state index in [1.54, 1.807) is 6.33 Å². The number of aromatic nitrogens is 3. The van der Waals surface area contributed by atoms with Gasteiger partial charge in [-0.1, -0.05) is 43.2 Å². The molecule has 0 aliphatic heterocycles. The van der Waals surface area contributed by atoms with E-state index in [2.05, 4.69) is 15.5 Å². The Labute approximate surface area is 141 Å². The van der Waals surface area contributed by atoms with Crippen LogP contribution in [0.15, 0.2) is 36.7 Å². The first-order valence-electron chi connectivity index (χ1n) is 8.64. The first-order valence-corrected chi connectivity index (χ1v) is 8.64. The van der Waals surface area contributed by atoms with Gasteiger partial charge in [-0.2, -0.15) is 0 Å². The Balaban J connectivity index is 1.50. The number of amides is 1. The summed E-state index contributed by atoms with van der Waals surface area (Å²) >= 11 is 0. The van der Waals surface area contributed by atoms with Crippen molar-refractivity contribution in [3.63, 3.8) is 0 Å². The van der Waals surface area contributed by atoms with Crippen LogP contribution in [0.25, 0.3) is 0 Å². The first-order chi connectivity index (χ1) is 11.8. The highest BCUT2D eigenvalue weighted by molar-refractivity contribution is 5.78. The van der Waals surface area contributed by atoms with E-state index in [4.69, 9.17) is 0 Å². The molecule has 1 aromatic heterocycles. The number of carbonyl (C=O) groups is 1. The summed E-state index contributed by atoms with van der Waals surface area (Å²) in [5, 5.41) is 21.4. The molecule has 1 aromatic carbocycles. The molecule has 1 saturated carbocycles. The lowest BCUT2D eigenvalue weighted by Crippen LogP contribution is -2.30. The van der Waals surface area contributed by atoms with E-state index in [-0.39, 0.29) is 11.8 Å². The topological polar surface area (TPSA) is 80.0 Å². The van der Waals surface area contributed by atoms with Gasteiger partial charge in [-0.3, -0.25) is 4.79 Å². The predicted octanol–water partition coefficient (Wildman–Crippen LogP) is 2.06. The fourth-order valence-electron chi connectivity index (χ4n) is 3.23. The second-order valence-electron chi connectivity index (χ2n) is 6.32. The van der Waals surface area contributed by atoms with Crippen LogP contribution < -0.4 is 5.32 Å². The van der Waals surface area contributed by atoms with E-state index < -0.39 is 6.10 Å². The minimum Gasteiger partial charge on any atom is -0.380 e. The van der Waals surface area contributed by atoms with Gasteiger partial charge >= 0.3 is 0 Å². The molecule has 0 bridgehead atoms. The van der Waals surface area contributed by atoms with E-state index in [1.165, 1.54) is 12.8 Å². The fourth-order valence-corrected chi connectivity index (χ4v) is 3.23. The molecule has 2 N–H and O–H groups in total. The predicted molar refractivity (Wildman–Crippen MR) is 90.1 cm³/mol. The van der Waals surface area contributed by atoms with E-state index in [0.29, 0.717) is 18.9 Å². The van der Waals surface area contributed by atoms with Gasteiger partial charge < -0.3 is 15.0 Å². The third-order valence-corrected chi connectivity index (χ3v) is 4.61. The van der Waals surface area contributed by atoms with Crippen molar-refractivity contribution < 1.29 is 9.90 Å². The van der Waals surface area contributed by atoms with Crippen molar-refractivity contribution in [3.8, 4) is 0 Å². The van der Waals surface area contributed by atoms with E-state index >= 15 is 0 Å². The van der Waals surface area contributed by atoms with E-state index in [1.807, 2.05) is 34.9 Å². The maximum absolute atomic E-state index is 12.0. The number of benzene rings is 1. The number of rotatable bonds is 7. The smallest absolute Gasteiger partial charge is 0.223 e. The lowest BCUT2D eigenvalue weighted by atomic mass is 10.1. The van der Waals surface area contributed by atoms with Crippen LogP contribution in [0.2, 0.25) is 0 Å². The molecule has 1 atom stereocenters. The van der Waals surface area contributed by atoms with Crippen molar-refractivity contribution in [2.45, 2.75) is 44.8 Å². The number of carbonyl (C=O) groups excluding carboxylic acids is 1. The van der Waals surface area contributed by atoms with Gasteiger partial charge in [-0.25, -0.2) is 0 Å². The monoisotopic (exact) mass is 328 g/mol. The minimum absolute atomic E-state index is 0.181. The van der Waals surface area contributed by atoms with Gasteiger partial charge in [0.1, 0.15) is 12.4 Å². The summed E-state index contributed by atoms with van der Waals surface area (Å²) in [6.45, 7) is 1.30. The summed E-state index contributed by atoms with van der Waals surface area (Å²) in [4.78, 5) is 12.0. The molecule has 0 saturated heterocycles. The quantitative estimate of drug-likeness (QED) is 0.763. The zero-order chi connectivity index (χ0) is 16.8. The van der Waals surface area contributed by atoms with Crippen LogP contribution in [0.1, 0.15) is 49.6 Å². The summed E-state index contributed by atoms with van der Waals surface area (Å²) < 4.78 is 1.85. The summed E-state index contributed by atoms with van der Waals surface area (Å²) in [6, 6.07) is 9.42. The van der Waals surface area contributed by atoms with E-state index in [0.717, 1.165) is 24.8 Å². The Hall–Kier alpha value is -2.21. The summed E-state index contributed by atoms with van der Waals surface area (Å²) in [6.07, 6.45) is 5.99. The normalized spacial score (nSPS) is 16.2. The highest BCUT2D eigenvalue weighted by atomic mass is 16.3. The molecule has 0 unspecified atom stereocenters. The van der Waals surface area contributed by atoms with Crippen LogP contribution in [0.4, 0.5) is 0 Å². The molecule has 6 nitrogen and oxygen atoms in total. The molecule has 2 aromatic rings. The standard InChI is InChI=1S/C18H24N4O2/c23-16(14-7-2-1-3-8-14)17-21-20-13-22(17)12-6-11-19-18(24)15-9-4-5-10-15/h1-3,7-8,13,15-16,23H,4-6,9-12H2,(H,19,24)/t16-/m1/s1. The van der Waals surface area contributed by atoms with Crippen LogP contribution in [0.5, 0.6) is 0 Å². The van der Waals surface area contributed by atoms with Crippen LogP contribution in [-0.2, 0) is 11.3 Å². The second kappa shape index (κ2) is 8.06. The average Bonchev–Trinajstić information content (AvgIpc) is 3.30. The second-order valence-corrected chi connectivity index (χ2v) is 6.32. The van der Waals surface area contributed by atoms with Crippen molar-refractivity contribution in [2.75, 3.05) is 6.54 Å². The molecule has 6 heteroatoms. The number of nitrogens with one attached hydrogen (secondary N) is 1. The Bertz CT molecular complexity index is 650. The average molecular weight is 328 g/mol. The van der Waals surface area contributed by atoms with Gasteiger partial charge in [0.25, 0.3) is 0 Å². The van der Waals surface area contributed by atoms with Gasteiger partial charge in [0.05, 0.1) is 0 Å². The maximum Gasteiger partial charge on any atom is 0.223 e. The Morgan fingerprint density at radius 1 is 1.29 bits per heavy atom. The van der Waals surface area contributed by atoms with Gasteiger partial charge in [-0.15, -0.1) is 10.2 Å². The van der Waals surface area contributed by atoms with Crippen LogP contribution in [0.3, 0.4) is 0 Å². The molecule has 1 aliphatic rings. The molecule has 1 amide bonds. The van der Waals surface area contributed by atoms with Gasteiger partial charge in [-0.05, 0) is 24.8 Å². The van der Waals surface area contributed by atoms with Crippen molar-refractivity contribution in [3.05, 3.63) is 48.0 Å². The van der Waals surface area contributed by atoms with Crippen molar-refractivity contribution in [1.82, 2.24) is 20.1 Å². The van der Waals surface area contributed by atoms with Crippen molar-refractivity contribution in [1.29, 1.82) is 0 Å². The molecule has 1 fully saturated rings. The highest BCUT2D eigenvalue weighted by Crippen LogP contribution is 2.24. The molecule has 24 heavy (non-hydrogen) atoms. The maximum atomic E-state index is 12.0. The molecule has 0 spiro atoms. The Kier molecular flexibility index (Phi) is 5.59. The van der Waals surface area contributed by atoms with E-state index in [9.17, 15) is 9.90 Å². The number of aryl methyl sites for hydroxylation is 1. The number of aliphatic hydroxyl groups is 1. The molecule has 1 heterocycles. The summed E-state index contributed by atoms with van der Waals surface area (Å²) in [7, 11) is 0. The molecule has 0 radical (unpaired) electrons. The van der Waals surface area contributed by atoms with Gasteiger partial charge in [0.2, 0.25) is 5.91 Å². The summed E-state index contributed by atoms with van der Waals surface area (Å²) in [5.74, 6) is 0.916. The highest BCUT2D eigenvalue weighted by Gasteiger charge is 2.22. The fraction of sp³-hybridized carbons (Fsp3) is 0.500. The minimum atomic E-state index is -0.790. The first kappa shape index (κ1) is 16.6. The largest absolute Gasteiger partial charge is 0.380 e. The van der Waals surface area contributed by atoms with Crippen LogP contribution in [-0.4, -0.2) is 32.3 Å². The van der Waals surface area contributed by atoms with Crippen LogP contribution in [0, 0.1) is 5.92 Å². The lowest BCUT2D eigenvalue weighted by molar-refractivity contribution is -0.124. The Morgan fingerprint density at radius 2 is 2.04 bits per heavy atom. The zero-order valence-corrected chi connectivity index (χ0v) is 13.8. The molecule has 128 valence electrons. The third kappa shape index (κ3) is 4.00. The number of nitrogens with zero attached hydrogens (tertiary/aromatic N) is 3. The van der Waals surface area contributed by atoms with Crippen molar-refractivity contribution >= 4 is 5.91 Å². The Morgan fingerprint density at radius 3 is 2.79 bits per heavy atom. The summed E-state index contributed by atoms with van der Waals surface area (Å²) in [5.41, 5.74) is 0.793. The van der Waals surface area contributed by atoms with Gasteiger partial charge in [0.15, 0.2) is 5.82 Å². The van der Waals surface area contributed by atoms with Crippen molar-refractivity contribution in [2.24, 2.45) is 5.92 Å². The number of aliphatic hydroxyl groups excluding tert-OH is 1. The zero-order valence-electron chi connectivity index (χ0n) is 13.8. The molecule has 3 rings (SSSR count).